The third kappa shape index (κ3) is 2.91. The molecule has 3 N–H and O–H groups in total. The highest BCUT2D eigenvalue weighted by Crippen LogP contribution is 2.35. The summed E-state index contributed by atoms with van der Waals surface area (Å²) in [6, 6.07) is 7.53. The van der Waals surface area contributed by atoms with E-state index in [1.54, 1.807) is 12.1 Å². The van der Waals surface area contributed by atoms with Crippen LogP contribution in [0.2, 0.25) is 10.2 Å². The Balaban J connectivity index is 2.10. The largest absolute Gasteiger partial charge is 0.366 e. The van der Waals surface area contributed by atoms with Crippen molar-refractivity contribution in [3.63, 3.8) is 0 Å². The summed E-state index contributed by atoms with van der Waals surface area (Å²) < 4.78 is 12.9. The molecule has 5 nitrogen and oxygen atoms in total. The molecular formula is C15H9Cl2FN4O. The number of aromatic amines is 1. The fourth-order valence-electron chi connectivity index (χ4n) is 2.07. The van der Waals surface area contributed by atoms with Gasteiger partial charge in [-0.05, 0) is 18.2 Å². The molecule has 0 atom stereocenters. The molecule has 3 aromatic rings. The maximum absolute atomic E-state index is 12.9. The standard InChI is InChI=1S/C15H9Cl2FN4O/c16-11-8(2-1-3-9(11)14(19)23)12-13(17)22-15(21-12)10-5-4-7(18)6-20-10/h1-6H,(H2,19,23)(H,21,22). The van der Waals surface area contributed by atoms with Gasteiger partial charge in [-0.25, -0.2) is 14.4 Å². The first-order chi connectivity index (χ1) is 11.0. The van der Waals surface area contributed by atoms with E-state index in [2.05, 4.69) is 15.0 Å². The lowest BCUT2D eigenvalue weighted by atomic mass is 10.1. The highest BCUT2D eigenvalue weighted by Gasteiger charge is 2.18. The Bertz CT molecular complexity index is 893. The van der Waals surface area contributed by atoms with Gasteiger partial charge in [-0.1, -0.05) is 35.3 Å². The minimum absolute atomic E-state index is 0.159. The van der Waals surface area contributed by atoms with Crippen LogP contribution in [0.15, 0.2) is 36.5 Å². The average molecular weight is 351 g/mol. The van der Waals surface area contributed by atoms with Crippen molar-refractivity contribution in [1.82, 2.24) is 15.0 Å². The van der Waals surface area contributed by atoms with E-state index in [0.29, 0.717) is 22.8 Å². The van der Waals surface area contributed by atoms with Crippen LogP contribution in [0.3, 0.4) is 0 Å². The number of halogens is 3. The van der Waals surface area contributed by atoms with Gasteiger partial charge in [0.15, 0.2) is 5.82 Å². The van der Waals surface area contributed by atoms with E-state index < -0.39 is 11.7 Å². The fourth-order valence-corrected chi connectivity index (χ4v) is 2.61. The van der Waals surface area contributed by atoms with Gasteiger partial charge in [0.1, 0.15) is 22.4 Å². The summed E-state index contributed by atoms with van der Waals surface area (Å²) in [6.45, 7) is 0. The SMILES string of the molecule is NC(=O)c1cccc(-c2nc(-c3ccc(F)cn3)[nH]c2Cl)c1Cl. The van der Waals surface area contributed by atoms with E-state index in [0.717, 1.165) is 6.20 Å². The van der Waals surface area contributed by atoms with Crippen molar-refractivity contribution in [3.05, 3.63) is 58.1 Å². The summed E-state index contributed by atoms with van der Waals surface area (Å²) in [5.41, 5.74) is 6.67. The number of pyridine rings is 1. The third-order valence-corrected chi connectivity index (χ3v) is 3.83. The van der Waals surface area contributed by atoms with Crippen molar-refractivity contribution < 1.29 is 9.18 Å². The molecule has 2 heterocycles. The van der Waals surface area contributed by atoms with E-state index in [1.807, 2.05) is 0 Å². The van der Waals surface area contributed by atoms with Crippen LogP contribution in [0.4, 0.5) is 4.39 Å². The van der Waals surface area contributed by atoms with Gasteiger partial charge in [-0.2, -0.15) is 0 Å². The molecule has 8 heteroatoms. The zero-order chi connectivity index (χ0) is 16.6. The molecule has 0 saturated heterocycles. The summed E-state index contributed by atoms with van der Waals surface area (Å²) >= 11 is 12.4. The number of carbonyl (C=O) groups is 1. The van der Waals surface area contributed by atoms with Crippen LogP contribution in [-0.4, -0.2) is 20.9 Å². The molecule has 0 aliphatic carbocycles. The Hall–Kier alpha value is -2.44. The Kier molecular flexibility index (Phi) is 4.02. The predicted octanol–water partition coefficient (Wildman–Crippen LogP) is 3.68. The second kappa shape index (κ2) is 5.98. The van der Waals surface area contributed by atoms with Crippen LogP contribution < -0.4 is 5.73 Å². The van der Waals surface area contributed by atoms with Crippen molar-refractivity contribution in [2.75, 3.05) is 0 Å². The second-order valence-electron chi connectivity index (χ2n) is 4.64. The minimum atomic E-state index is -0.649. The lowest BCUT2D eigenvalue weighted by molar-refractivity contribution is 0.100. The number of nitrogens with zero attached hydrogens (tertiary/aromatic N) is 2. The lowest BCUT2D eigenvalue weighted by Gasteiger charge is -2.05. The van der Waals surface area contributed by atoms with Gasteiger partial charge in [0, 0.05) is 5.56 Å². The van der Waals surface area contributed by atoms with Crippen LogP contribution >= 0.6 is 23.2 Å². The van der Waals surface area contributed by atoms with Crippen molar-refractivity contribution in [1.29, 1.82) is 0 Å². The summed E-state index contributed by atoms with van der Waals surface area (Å²) in [6.07, 6.45) is 1.08. The van der Waals surface area contributed by atoms with E-state index in [-0.39, 0.29) is 15.7 Å². The number of nitrogens with one attached hydrogen (secondary N) is 1. The number of hydrogen-bond acceptors (Lipinski definition) is 3. The van der Waals surface area contributed by atoms with Crippen molar-refractivity contribution >= 4 is 29.1 Å². The molecule has 116 valence electrons. The van der Waals surface area contributed by atoms with Crippen LogP contribution in [0.5, 0.6) is 0 Å². The molecule has 0 spiro atoms. The molecule has 0 aliphatic rings. The van der Waals surface area contributed by atoms with Crippen LogP contribution in [0.1, 0.15) is 10.4 Å². The number of carbonyl (C=O) groups excluding carboxylic acids is 1. The number of aromatic nitrogens is 3. The Morgan fingerprint density at radius 3 is 2.65 bits per heavy atom. The quantitative estimate of drug-likeness (QED) is 0.755. The molecule has 0 radical (unpaired) electrons. The third-order valence-electron chi connectivity index (χ3n) is 3.15. The summed E-state index contributed by atoms with van der Waals surface area (Å²) in [5, 5.41) is 0.377. The molecule has 0 fully saturated rings. The molecule has 2 aromatic heterocycles. The summed E-state index contributed by atoms with van der Waals surface area (Å²) in [4.78, 5) is 22.5. The van der Waals surface area contributed by atoms with Crippen LogP contribution in [-0.2, 0) is 0 Å². The van der Waals surface area contributed by atoms with Crippen LogP contribution in [0.25, 0.3) is 22.8 Å². The second-order valence-corrected chi connectivity index (χ2v) is 5.40. The maximum Gasteiger partial charge on any atom is 0.250 e. The highest BCUT2D eigenvalue weighted by atomic mass is 35.5. The van der Waals surface area contributed by atoms with E-state index in [9.17, 15) is 9.18 Å². The van der Waals surface area contributed by atoms with Gasteiger partial charge in [0.2, 0.25) is 5.91 Å². The number of primary amides is 1. The van der Waals surface area contributed by atoms with Crippen molar-refractivity contribution in [3.8, 4) is 22.8 Å². The lowest BCUT2D eigenvalue weighted by Crippen LogP contribution is -2.11. The van der Waals surface area contributed by atoms with E-state index in [4.69, 9.17) is 28.9 Å². The van der Waals surface area contributed by atoms with Crippen molar-refractivity contribution in [2.24, 2.45) is 5.73 Å². The van der Waals surface area contributed by atoms with Crippen LogP contribution in [0, 0.1) is 5.82 Å². The predicted molar refractivity (Wildman–Crippen MR) is 85.8 cm³/mol. The zero-order valence-corrected chi connectivity index (χ0v) is 13.0. The Morgan fingerprint density at radius 1 is 1.22 bits per heavy atom. The maximum atomic E-state index is 12.9. The number of amides is 1. The van der Waals surface area contributed by atoms with Crippen molar-refractivity contribution in [2.45, 2.75) is 0 Å². The van der Waals surface area contributed by atoms with Gasteiger partial charge in [-0.15, -0.1) is 0 Å². The fraction of sp³-hybridized carbons (Fsp3) is 0. The summed E-state index contributed by atoms with van der Waals surface area (Å²) in [7, 11) is 0. The van der Waals surface area contributed by atoms with Gasteiger partial charge in [0.05, 0.1) is 16.8 Å². The Labute approximate surface area is 140 Å². The molecule has 23 heavy (non-hydrogen) atoms. The first-order valence-corrected chi connectivity index (χ1v) is 7.19. The topological polar surface area (TPSA) is 84.7 Å². The van der Waals surface area contributed by atoms with Gasteiger partial charge < -0.3 is 10.7 Å². The molecule has 3 rings (SSSR count). The van der Waals surface area contributed by atoms with Gasteiger partial charge >= 0.3 is 0 Å². The first kappa shape index (κ1) is 15.5. The minimum Gasteiger partial charge on any atom is -0.366 e. The molecule has 0 aliphatic heterocycles. The van der Waals surface area contributed by atoms with E-state index >= 15 is 0 Å². The molecule has 1 aromatic carbocycles. The number of benzene rings is 1. The number of imidazole rings is 1. The number of rotatable bonds is 3. The number of H-pyrrole nitrogens is 1. The monoisotopic (exact) mass is 350 g/mol. The average Bonchev–Trinajstić information content (AvgIpc) is 2.89. The van der Waals surface area contributed by atoms with Gasteiger partial charge in [0.25, 0.3) is 0 Å². The Morgan fingerprint density at radius 2 is 2.00 bits per heavy atom. The molecule has 0 unspecified atom stereocenters. The smallest absolute Gasteiger partial charge is 0.250 e. The number of nitrogens with two attached hydrogens (primary N) is 1. The first-order valence-electron chi connectivity index (χ1n) is 6.43. The number of hydrogen-bond donors (Lipinski definition) is 2. The molecular weight excluding hydrogens is 342 g/mol. The highest BCUT2D eigenvalue weighted by molar-refractivity contribution is 6.38. The normalized spacial score (nSPS) is 10.7. The molecule has 1 amide bonds. The summed E-state index contributed by atoms with van der Waals surface area (Å²) in [5.74, 6) is -0.752. The van der Waals surface area contributed by atoms with Gasteiger partial charge in [-0.3, -0.25) is 4.79 Å². The molecule has 0 saturated carbocycles. The molecule has 0 bridgehead atoms. The zero-order valence-electron chi connectivity index (χ0n) is 11.5. The van der Waals surface area contributed by atoms with E-state index in [1.165, 1.54) is 18.2 Å².